The Bertz CT molecular complexity index is 515. The Morgan fingerprint density at radius 2 is 2.22 bits per heavy atom. The van der Waals surface area contributed by atoms with E-state index < -0.39 is 0 Å². The summed E-state index contributed by atoms with van der Waals surface area (Å²) in [7, 11) is 3.78. The molecule has 2 rings (SSSR count). The molecule has 1 fully saturated rings. The van der Waals surface area contributed by atoms with E-state index in [2.05, 4.69) is 41.0 Å². The van der Waals surface area contributed by atoms with Gasteiger partial charge in [0.25, 0.3) is 0 Å². The topological polar surface area (TPSA) is 62.9 Å². The molecule has 0 amide bonds. The first-order chi connectivity index (χ1) is 10.9. The largest absolute Gasteiger partial charge is 0.443 e. The van der Waals surface area contributed by atoms with Crippen LogP contribution in [0.1, 0.15) is 45.3 Å². The molecule has 0 atom stereocenters. The van der Waals surface area contributed by atoms with E-state index in [4.69, 9.17) is 9.15 Å². The van der Waals surface area contributed by atoms with Crippen LogP contribution in [-0.4, -0.2) is 49.7 Å². The molecule has 1 aliphatic carbocycles. The fourth-order valence-corrected chi connectivity index (χ4v) is 2.12. The van der Waals surface area contributed by atoms with E-state index >= 15 is 0 Å². The second kappa shape index (κ2) is 7.81. The zero-order valence-corrected chi connectivity index (χ0v) is 15.1. The monoisotopic (exact) mass is 322 g/mol. The SMILES string of the molecule is CN=C(NCc1ncc(C(C)(C)C)o1)N(C)CCOCC1CC1. The van der Waals surface area contributed by atoms with Gasteiger partial charge >= 0.3 is 0 Å². The third kappa shape index (κ3) is 5.86. The van der Waals surface area contributed by atoms with Crippen molar-refractivity contribution in [1.29, 1.82) is 0 Å². The number of oxazole rings is 1. The van der Waals surface area contributed by atoms with E-state index in [-0.39, 0.29) is 5.41 Å². The van der Waals surface area contributed by atoms with Crippen molar-refractivity contribution in [2.45, 2.75) is 45.6 Å². The number of likely N-dealkylation sites (N-methyl/N-ethyl adjacent to an activating group) is 1. The predicted octanol–water partition coefficient (Wildman–Crippen LogP) is 2.41. The van der Waals surface area contributed by atoms with Crippen LogP contribution in [0.2, 0.25) is 0 Å². The minimum Gasteiger partial charge on any atom is -0.443 e. The van der Waals surface area contributed by atoms with Gasteiger partial charge in [-0.2, -0.15) is 0 Å². The van der Waals surface area contributed by atoms with Gasteiger partial charge in [0.2, 0.25) is 5.89 Å². The van der Waals surface area contributed by atoms with Crippen LogP contribution in [0.4, 0.5) is 0 Å². The van der Waals surface area contributed by atoms with E-state index in [1.165, 1.54) is 12.8 Å². The Morgan fingerprint density at radius 3 is 2.78 bits per heavy atom. The molecule has 6 heteroatoms. The van der Waals surface area contributed by atoms with Gasteiger partial charge in [-0.1, -0.05) is 20.8 Å². The number of nitrogens with one attached hydrogen (secondary N) is 1. The first-order valence-electron chi connectivity index (χ1n) is 8.35. The van der Waals surface area contributed by atoms with E-state index in [9.17, 15) is 0 Å². The molecular formula is C17H30N4O2. The summed E-state index contributed by atoms with van der Waals surface area (Å²) >= 11 is 0. The Morgan fingerprint density at radius 1 is 1.48 bits per heavy atom. The lowest BCUT2D eigenvalue weighted by Crippen LogP contribution is -2.40. The lowest BCUT2D eigenvalue weighted by atomic mass is 9.94. The standard InChI is InChI=1S/C17H30N4O2/c1-17(2,3)14-10-19-15(23-14)11-20-16(18-4)21(5)8-9-22-12-13-6-7-13/h10,13H,6-9,11-12H2,1-5H3,(H,18,20). The molecular weight excluding hydrogens is 292 g/mol. The molecule has 0 radical (unpaired) electrons. The summed E-state index contributed by atoms with van der Waals surface area (Å²) in [5.74, 6) is 3.19. The first kappa shape index (κ1) is 17.8. The van der Waals surface area contributed by atoms with E-state index in [0.717, 1.165) is 37.4 Å². The van der Waals surface area contributed by atoms with Gasteiger partial charge < -0.3 is 19.4 Å². The van der Waals surface area contributed by atoms with Crippen molar-refractivity contribution in [1.82, 2.24) is 15.2 Å². The van der Waals surface area contributed by atoms with Gasteiger partial charge in [0.15, 0.2) is 5.96 Å². The molecule has 0 bridgehead atoms. The maximum Gasteiger partial charge on any atom is 0.213 e. The van der Waals surface area contributed by atoms with Crippen molar-refractivity contribution in [3.63, 3.8) is 0 Å². The highest BCUT2D eigenvalue weighted by atomic mass is 16.5. The number of hydrogen-bond donors (Lipinski definition) is 1. The van der Waals surface area contributed by atoms with Crippen molar-refractivity contribution in [3.05, 3.63) is 17.8 Å². The summed E-state index contributed by atoms with van der Waals surface area (Å²) < 4.78 is 11.5. The summed E-state index contributed by atoms with van der Waals surface area (Å²) in [5, 5.41) is 3.28. The molecule has 0 spiro atoms. The Kier molecular flexibility index (Phi) is 6.04. The average molecular weight is 322 g/mol. The summed E-state index contributed by atoms with van der Waals surface area (Å²) in [6, 6.07) is 0. The molecule has 0 aliphatic heterocycles. The smallest absolute Gasteiger partial charge is 0.213 e. The molecule has 6 nitrogen and oxygen atoms in total. The van der Waals surface area contributed by atoms with E-state index in [1.54, 1.807) is 13.2 Å². The zero-order chi connectivity index (χ0) is 16.9. The molecule has 23 heavy (non-hydrogen) atoms. The zero-order valence-electron chi connectivity index (χ0n) is 15.1. The normalized spacial score (nSPS) is 15.8. The molecule has 0 aromatic carbocycles. The Balaban J connectivity index is 1.73. The van der Waals surface area contributed by atoms with Gasteiger partial charge in [-0.05, 0) is 18.8 Å². The molecule has 1 N–H and O–H groups in total. The van der Waals surface area contributed by atoms with Gasteiger partial charge in [0.1, 0.15) is 5.76 Å². The van der Waals surface area contributed by atoms with E-state index in [1.807, 2.05) is 7.05 Å². The van der Waals surface area contributed by atoms with Crippen molar-refractivity contribution in [2.75, 3.05) is 33.9 Å². The molecule has 0 saturated heterocycles. The summed E-state index contributed by atoms with van der Waals surface area (Å²) in [6.07, 6.45) is 4.45. The molecule has 1 aliphatic rings. The van der Waals surface area contributed by atoms with Gasteiger partial charge in [-0.15, -0.1) is 0 Å². The third-order valence-electron chi connectivity index (χ3n) is 3.89. The maximum absolute atomic E-state index is 5.78. The number of aliphatic imine (C=N–C) groups is 1. The van der Waals surface area contributed by atoms with Crippen LogP contribution < -0.4 is 5.32 Å². The van der Waals surface area contributed by atoms with Crippen molar-refractivity contribution in [3.8, 4) is 0 Å². The Hall–Kier alpha value is -1.56. The average Bonchev–Trinajstić information content (AvgIpc) is 3.18. The predicted molar refractivity (Wildman–Crippen MR) is 91.6 cm³/mol. The molecule has 0 unspecified atom stereocenters. The fraction of sp³-hybridized carbons (Fsp3) is 0.765. The number of aromatic nitrogens is 1. The number of guanidine groups is 1. The van der Waals surface area contributed by atoms with Crippen LogP contribution in [-0.2, 0) is 16.7 Å². The van der Waals surface area contributed by atoms with Crippen LogP contribution in [0.15, 0.2) is 15.6 Å². The van der Waals surface area contributed by atoms with Gasteiger partial charge in [-0.25, -0.2) is 4.98 Å². The minimum absolute atomic E-state index is 0.0252. The first-order valence-corrected chi connectivity index (χ1v) is 8.35. The van der Waals surface area contributed by atoms with Crippen LogP contribution in [0.25, 0.3) is 0 Å². The van der Waals surface area contributed by atoms with Crippen molar-refractivity contribution < 1.29 is 9.15 Å². The number of nitrogens with zero attached hydrogens (tertiary/aromatic N) is 3. The number of ether oxygens (including phenoxy) is 1. The van der Waals surface area contributed by atoms with Crippen molar-refractivity contribution >= 4 is 5.96 Å². The summed E-state index contributed by atoms with van der Waals surface area (Å²) in [4.78, 5) is 10.7. The third-order valence-corrected chi connectivity index (χ3v) is 3.89. The van der Waals surface area contributed by atoms with Gasteiger partial charge in [-0.3, -0.25) is 4.99 Å². The van der Waals surface area contributed by atoms with Gasteiger partial charge in [0, 0.05) is 32.7 Å². The lowest BCUT2D eigenvalue weighted by Gasteiger charge is -2.21. The van der Waals surface area contributed by atoms with Crippen LogP contribution in [0.3, 0.4) is 0 Å². The second-order valence-electron chi connectivity index (χ2n) is 7.21. The highest BCUT2D eigenvalue weighted by Gasteiger charge is 2.21. The Labute approximate surface area is 139 Å². The molecule has 1 heterocycles. The fourth-order valence-electron chi connectivity index (χ4n) is 2.12. The number of rotatable bonds is 7. The van der Waals surface area contributed by atoms with Crippen LogP contribution in [0.5, 0.6) is 0 Å². The summed E-state index contributed by atoms with van der Waals surface area (Å²) in [5.41, 5.74) is -0.0252. The lowest BCUT2D eigenvalue weighted by molar-refractivity contribution is 0.115. The molecule has 130 valence electrons. The van der Waals surface area contributed by atoms with E-state index in [0.29, 0.717) is 12.4 Å². The van der Waals surface area contributed by atoms with Crippen LogP contribution in [0, 0.1) is 5.92 Å². The molecule has 1 aromatic rings. The quantitative estimate of drug-likeness (QED) is 0.474. The second-order valence-corrected chi connectivity index (χ2v) is 7.21. The van der Waals surface area contributed by atoms with Gasteiger partial charge in [0.05, 0.1) is 19.3 Å². The van der Waals surface area contributed by atoms with Crippen molar-refractivity contribution in [2.24, 2.45) is 10.9 Å². The van der Waals surface area contributed by atoms with Crippen LogP contribution >= 0.6 is 0 Å². The number of hydrogen-bond acceptors (Lipinski definition) is 4. The summed E-state index contributed by atoms with van der Waals surface area (Å²) in [6.45, 7) is 9.28. The molecule has 1 aromatic heterocycles. The molecule has 1 saturated carbocycles. The maximum atomic E-state index is 5.78. The highest BCUT2D eigenvalue weighted by molar-refractivity contribution is 5.79. The highest BCUT2D eigenvalue weighted by Crippen LogP contribution is 2.28. The minimum atomic E-state index is -0.0252.